The summed E-state index contributed by atoms with van der Waals surface area (Å²) in [5.41, 5.74) is 7.87. The molecule has 7 nitrogen and oxygen atoms in total. The third-order valence-corrected chi connectivity index (χ3v) is 5.44. The van der Waals surface area contributed by atoms with Crippen LogP contribution in [-0.4, -0.2) is 47.2 Å². The van der Waals surface area contributed by atoms with Crippen LogP contribution in [0.1, 0.15) is 25.8 Å². The van der Waals surface area contributed by atoms with E-state index in [-0.39, 0.29) is 5.91 Å². The van der Waals surface area contributed by atoms with Gasteiger partial charge in [0.25, 0.3) is 5.91 Å². The molecule has 0 bridgehead atoms. The van der Waals surface area contributed by atoms with Crippen molar-refractivity contribution >= 4 is 41.0 Å². The Hall–Kier alpha value is -2.81. The zero-order valence-electron chi connectivity index (χ0n) is 18.4. The number of aliphatic hydroxyl groups is 1. The molecule has 32 heavy (non-hydrogen) atoms. The lowest BCUT2D eigenvalue weighted by Gasteiger charge is -2.18. The number of nitrogens with one attached hydrogen (secondary N) is 2. The second-order valence-electron chi connectivity index (χ2n) is 6.99. The zero-order valence-corrected chi connectivity index (χ0v) is 19.2. The summed E-state index contributed by atoms with van der Waals surface area (Å²) < 4.78 is 5.39. The van der Waals surface area contributed by atoms with Crippen molar-refractivity contribution in [3.8, 4) is 5.75 Å². The first-order valence-electron chi connectivity index (χ1n) is 10.6. The van der Waals surface area contributed by atoms with Gasteiger partial charge in [0, 0.05) is 23.5 Å². The molecule has 2 aromatic rings. The van der Waals surface area contributed by atoms with Crippen molar-refractivity contribution in [2.24, 2.45) is 5.73 Å². The highest BCUT2D eigenvalue weighted by Crippen LogP contribution is 2.16. The van der Waals surface area contributed by atoms with Crippen molar-refractivity contribution in [3.63, 3.8) is 0 Å². The summed E-state index contributed by atoms with van der Waals surface area (Å²) in [6.07, 6.45) is 2.44. The minimum absolute atomic E-state index is 0.276. The van der Waals surface area contributed by atoms with Crippen LogP contribution in [0.2, 0.25) is 0 Å². The maximum atomic E-state index is 12.2. The number of thioether (sulfide) groups is 1. The first kappa shape index (κ1) is 25.5. The smallest absolute Gasteiger partial charge is 0.254 e. The highest BCUT2D eigenvalue weighted by atomic mass is 32.2. The molecule has 0 aliphatic heterocycles. The van der Waals surface area contributed by atoms with Crippen LogP contribution in [0.3, 0.4) is 0 Å². The van der Waals surface area contributed by atoms with Crippen LogP contribution in [0.25, 0.3) is 6.08 Å². The average Bonchev–Trinajstić information content (AvgIpc) is 2.79. The van der Waals surface area contributed by atoms with Gasteiger partial charge in [-0.25, -0.2) is 0 Å². The van der Waals surface area contributed by atoms with Gasteiger partial charge in [0.15, 0.2) is 0 Å². The van der Waals surface area contributed by atoms with Gasteiger partial charge in [0.1, 0.15) is 11.9 Å². The van der Waals surface area contributed by atoms with E-state index in [1.807, 2.05) is 38.1 Å². The SMILES string of the molecule is CCOc1ccc(/C=C/C(=O)Nc2ccc(NC(=O)[C@@H](O)[C@H](N)CCSCC)cc2)cc1. The third kappa shape index (κ3) is 8.74. The maximum Gasteiger partial charge on any atom is 0.254 e. The summed E-state index contributed by atoms with van der Waals surface area (Å²) in [7, 11) is 0. The van der Waals surface area contributed by atoms with Gasteiger partial charge >= 0.3 is 0 Å². The number of aliphatic hydroxyl groups excluding tert-OH is 1. The number of carbonyl (C=O) groups excluding carboxylic acids is 2. The lowest BCUT2D eigenvalue weighted by atomic mass is 10.1. The predicted molar refractivity (Wildman–Crippen MR) is 132 cm³/mol. The standard InChI is InChI=1S/C24H31N3O4S/c1-3-31-20-12-5-17(6-13-20)7-14-22(28)26-18-8-10-19(11-9-18)27-24(30)23(29)21(25)15-16-32-4-2/h5-14,21,23,29H,3-4,15-16,25H2,1-2H3,(H,26,28)(H,27,30)/b14-7+/t21-,23+/m1/s1. The van der Waals surface area contributed by atoms with Crippen LogP contribution < -0.4 is 21.1 Å². The Bertz CT molecular complexity index is 885. The van der Waals surface area contributed by atoms with Gasteiger partial charge in [-0.3, -0.25) is 9.59 Å². The molecule has 0 aromatic heterocycles. The molecule has 0 unspecified atom stereocenters. The third-order valence-electron chi connectivity index (χ3n) is 4.51. The molecule has 5 N–H and O–H groups in total. The fourth-order valence-corrected chi connectivity index (χ4v) is 3.49. The summed E-state index contributed by atoms with van der Waals surface area (Å²) in [5.74, 6) is 1.72. The molecule has 0 aliphatic carbocycles. The number of nitrogens with two attached hydrogens (primary N) is 1. The first-order valence-corrected chi connectivity index (χ1v) is 11.7. The Kier molecular flexibility index (Phi) is 10.8. The zero-order chi connectivity index (χ0) is 23.3. The van der Waals surface area contributed by atoms with Gasteiger partial charge in [-0.05, 0) is 72.9 Å². The molecule has 0 saturated heterocycles. The van der Waals surface area contributed by atoms with Gasteiger partial charge in [-0.1, -0.05) is 19.1 Å². The number of anilines is 2. The van der Waals surface area contributed by atoms with Crippen LogP contribution in [0.5, 0.6) is 5.75 Å². The minimum atomic E-state index is -1.28. The number of amides is 2. The van der Waals surface area contributed by atoms with Crippen LogP contribution in [0.15, 0.2) is 54.6 Å². The van der Waals surface area contributed by atoms with Gasteiger partial charge in [0.05, 0.1) is 6.61 Å². The van der Waals surface area contributed by atoms with Crippen LogP contribution in [0, 0.1) is 0 Å². The molecule has 0 fully saturated rings. The van der Waals surface area contributed by atoms with E-state index in [4.69, 9.17) is 10.5 Å². The molecular formula is C24H31N3O4S. The Morgan fingerprint density at radius 3 is 2.28 bits per heavy atom. The maximum absolute atomic E-state index is 12.2. The number of benzene rings is 2. The van der Waals surface area contributed by atoms with Crippen molar-refractivity contribution in [1.29, 1.82) is 0 Å². The topological polar surface area (TPSA) is 114 Å². The lowest BCUT2D eigenvalue weighted by Crippen LogP contribution is -2.43. The van der Waals surface area contributed by atoms with Crippen molar-refractivity contribution in [2.75, 3.05) is 28.7 Å². The van der Waals surface area contributed by atoms with E-state index in [2.05, 4.69) is 10.6 Å². The highest BCUT2D eigenvalue weighted by molar-refractivity contribution is 7.99. The van der Waals surface area contributed by atoms with Crippen LogP contribution >= 0.6 is 11.8 Å². The molecule has 2 aromatic carbocycles. The Morgan fingerprint density at radius 2 is 1.69 bits per heavy atom. The molecule has 2 rings (SSSR count). The molecule has 2 amide bonds. The summed E-state index contributed by atoms with van der Waals surface area (Å²) in [5, 5.41) is 15.5. The van der Waals surface area contributed by atoms with Crippen molar-refractivity contribution in [3.05, 3.63) is 60.2 Å². The fourth-order valence-electron chi connectivity index (χ4n) is 2.77. The number of carbonyl (C=O) groups is 2. The van der Waals surface area contributed by atoms with Crippen LogP contribution in [-0.2, 0) is 9.59 Å². The molecule has 0 radical (unpaired) electrons. The second-order valence-corrected chi connectivity index (χ2v) is 8.38. The van der Waals surface area contributed by atoms with Gasteiger partial charge < -0.3 is 26.2 Å². The summed E-state index contributed by atoms with van der Waals surface area (Å²) in [6, 6.07) is 13.5. The van der Waals surface area contributed by atoms with E-state index >= 15 is 0 Å². The monoisotopic (exact) mass is 457 g/mol. The number of hydrogen-bond acceptors (Lipinski definition) is 6. The molecule has 2 atom stereocenters. The molecule has 8 heteroatoms. The van der Waals surface area contributed by atoms with Gasteiger partial charge in [-0.15, -0.1) is 0 Å². The van der Waals surface area contributed by atoms with Crippen molar-refractivity contribution < 1.29 is 19.4 Å². The average molecular weight is 458 g/mol. The van der Waals surface area contributed by atoms with Gasteiger partial charge in [-0.2, -0.15) is 11.8 Å². The second kappa shape index (κ2) is 13.6. The fraction of sp³-hybridized carbons (Fsp3) is 0.333. The quantitative estimate of drug-likeness (QED) is 0.287. The van der Waals surface area contributed by atoms with E-state index in [0.29, 0.717) is 24.4 Å². The lowest BCUT2D eigenvalue weighted by molar-refractivity contribution is -0.125. The summed E-state index contributed by atoms with van der Waals surface area (Å²) >= 11 is 1.71. The molecule has 0 heterocycles. The molecule has 0 spiro atoms. The molecule has 0 saturated carbocycles. The number of ether oxygens (including phenoxy) is 1. The van der Waals surface area contributed by atoms with E-state index < -0.39 is 18.1 Å². The largest absolute Gasteiger partial charge is 0.494 e. The van der Waals surface area contributed by atoms with Gasteiger partial charge in [0.2, 0.25) is 5.91 Å². The van der Waals surface area contributed by atoms with Crippen LogP contribution in [0.4, 0.5) is 11.4 Å². The van der Waals surface area contributed by atoms with Crippen molar-refractivity contribution in [2.45, 2.75) is 32.4 Å². The molecule has 0 aliphatic rings. The van der Waals surface area contributed by atoms with E-state index in [1.165, 1.54) is 6.08 Å². The number of hydrogen-bond donors (Lipinski definition) is 4. The Labute approximate surface area is 193 Å². The van der Waals surface area contributed by atoms with Crippen molar-refractivity contribution in [1.82, 2.24) is 0 Å². The number of rotatable bonds is 12. The Balaban J connectivity index is 1.83. The molecule has 172 valence electrons. The predicted octanol–water partition coefficient (Wildman–Crippen LogP) is 3.51. The minimum Gasteiger partial charge on any atom is -0.494 e. The summed E-state index contributed by atoms with van der Waals surface area (Å²) in [6.45, 7) is 4.57. The first-order chi connectivity index (χ1) is 15.4. The normalized spacial score (nSPS) is 12.9. The summed E-state index contributed by atoms with van der Waals surface area (Å²) in [4.78, 5) is 24.3. The van der Waals surface area contributed by atoms with E-state index in [9.17, 15) is 14.7 Å². The van der Waals surface area contributed by atoms with E-state index in [1.54, 1.807) is 42.1 Å². The van der Waals surface area contributed by atoms with E-state index in [0.717, 1.165) is 22.8 Å². The Morgan fingerprint density at radius 1 is 1.06 bits per heavy atom. The highest BCUT2D eigenvalue weighted by Gasteiger charge is 2.22. The molecular weight excluding hydrogens is 426 g/mol.